The second kappa shape index (κ2) is 14.0. The van der Waals surface area contributed by atoms with Gasteiger partial charge in [0.1, 0.15) is 28.7 Å². The fraction of sp³-hybridized carbons (Fsp3) is 0.440. The molecule has 0 bridgehead atoms. The van der Waals surface area contributed by atoms with Crippen molar-refractivity contribution in [3.05, 3.63) is 57.2 Å². The maximum Gasteiger partial charge on any atom is 0.417 e. The highest BCUT2D eigenvalue weighted by atomic mass is 35.5. The average molecular weight is 582 g/mol. The van der Waals surface area contributed by atoms with Gasteiger partial charge in [-0.3, -0.25) is 0 Å². The Bertz CT molecular complexity index is 1090. The lowest BCUT2D eigenvalue weighted by Crippen LogP contribution is -2.12. The molecule has 202 valence electrons. The van der Waals surface area contributed by atoms with Crippen LogP contribution in [-0.2, 0) is 11.0 Å². The van der Waals surface area contributed by atoms with Gasteiger partial charge in [-0.2, -0.15) is 13.2 Å². The van der Waals surface area contributed by atoms with Gasteiger partial charge in [0.15, 0.2) is 0 Å². The SMILES string of the molecule is CCCCOc1c(Cl)cc(OCC=C(Cl)Cl)cc1C1=NOC(CCCOc2ccc(C(F)(F)F)cn2)C1. The molecule has 0 saturated heterocycles. The van der Waals surface area contributed by atoms with Crippen molar-refractivity contribution in [1.29, 1.82) is 0 Å². The lowest BCUT2D eigenvalue weighted by molar-refractivity contribution is -0.137. The van der Waals surface area contributed by atoms with Crippen LogP contribution in [0.1, 0.15) is 50.2 Å². The number of unbranched alkanes of at least 4 members (excludes halogenated alkanes) is 1. The third-order valence-corrected chi connectivity index (χ3v) is 5.87. The molecule has 1 aliphatic rings. The van der Waals surface area contributed by atoms with Crippen molar-refractivity contribution in [2.45, 2.75) is 51.3 Å². The van der Waals surface area contributed by atoms with Crippen molar-refractivity contribution >= 4 is 40.5 Å². The van der Waals surface area contributed by atoms with Gasteiger partial charge in [-0.05, 0) is 37.5 Å². The van der Waals surface area contributed by atoms with E-state index in [4.69, 9.17) is 53.9 Å². The number of hydrogen-bond acceptors (Lipinski definition) is 6. The third kappa shape index (κ3) is 9.16. The van der Waals surface area contributed by atoms with Gasteiger partial charge < -0.3 is 19.0 Å². The third-order valence-electron chi connectivity index (χ3n) is 5.28. The van der Waals surface area contributed by atoms with Gasteiger partial charge in [0.25, 0.3) is 0 Å². The summed E-state index contributed by atoms with van der Waals surface area (Å²) in [5.41, 5.74) is 0.517. The highest BCUT2D eigenvalue weighted by Crippen LogP contribution is 2.37. The fourth-order valence-corrected chi connectivity index (χ4v) is 3.79. The van der Waals surface area contributed by atoms with Gasteiger partial charge in [0.05, 0.1) is 29.5 Å². The standard InChI is InChI=1S/C25H26Cl3F3N2O4/c1-2-3-9-36-24-19(12-18(13-20(24)26)34-11-8-22(27)28)21-14-17(37-33-21)5-4-10-35-23-7-6-16(15-32-23)25(29,30)31/h6-8,12-13,15,17H,2-5,9-11,14H2,1H3. The van der Waals surface area contributed by atoms with Crippen molar-refractivity contribution in [3.8, 4) is 17.4 Å². The Hall–Kier alpha value is -2.36. The van der Waals surface area contributed by atoms with E-state index in [1.54, 1.807) is 12.1 Å². The largest absolute Gasteiger partial charge is 0.491 e. The van der Waals surface area contributed by atoms with Gasteiger partial charge in [-0.1, -0.05) is 53.3 Å². The summed E-state index contributed by atoms with van der Waals surface area (Å²) >= 11 is 17.8. The Morgan fingerprint density at radius 1 is 1.14 bits per heavy atom. The van der Waals surface area contributed by atoms with Gasteiger partial charge in [-0.25, -0.2) is 4.98 Å². The molecule has 0 spiro atoms. The van der Waals surface area contributed by atoms with Crippen LogP contribution in [0.25, 0.3) is 0 Å². The van der Waals surface area contributed by atoms with E-state index < -0.39 is 11.7 Å². The molecule has 0 aliphatic carbocycles. The molecule has 0 fully saturated rings. The molecular formula is C25H26Cl3F3N2O4. The predicted octanol–water partition coefficient (Wildman–Crippen LogP) is 7.98. The number of aromatic nitrogens is 1. The monoisotopic (exact) mass is 580 g/mol. The first-order valence-electron chi connectivity index (χ1n) is 11.7. The van der Waals surface area contributed by atoms with E-state index in [-0.39, 0.29) is 29.7 Å². The van der Waals surface area contributed by atoms with E-state index in [0.717, 1.165) is 25.1 Å². The Kier molecular flexibility index (Phi) is 11.0. The lowest BCUT2D eigenvalue weighted by atomic mass is 10.0. The molecule has 6 nitrogen and oxygen atoms in total. The van der Waals surface area contributed by atoms with E-state index in [0.29, 0.717) is 53.7 Å². The first-order chi connectivity index (χ1) is 17.7. The van der Waals surface area contributed by atoms with E-state index in [1.165, 1.54) is 12.1 Å². The molecule has 0 radical (unpaired) electrons. The first-order valence-corrected chi connectivity index (χ1v) is 12.8. The highest BCUT2D eigenvalue weighted by Gasteiger charge is 2.31. The van der Waals surface area contributed by atoms with Crippen molar-refractivity contribution in [2.24, 2.45) is 5.16 Å². The highest BCUT2D eigenvalue weighted by molar-refractivity contribution is 6.55. The minimum absolute atomic E-state index is 0.0975. The molecule has 0 amide bonds. The number of oxime groups is 1. The summed E-state index contributed by atoms with van der Waals surface area (Å²) in [6.07, 6.45) is 1.17. The topological polar surface area (TPSA) is 62.2 Å². The molecule has 2 aromatic rings. The zero-order valence-electron chi connectivity index (χ0n) is 20.0. The smallest absolute Gasteiger partial charge is 0.417 e. The van der Waals surface area contributed by atoms with Crippen molar-refractivity contribution in [1.82, 2.24) is 4.98 Å². The maximum atomic E-state index is 12.6. The average Bonchev–Trinajstić information content (AvgIpc) is 3.31. The summed E-state index contributed by atoms with van der Waals surface area (Å²) < 4.78 is 55.1. The molecule has 12 heteroatoms. The molecule has 1 atom stereocenters. The number of ether oxygens (including phenoxy) is 3. The summed E-state index contributed by atoms with van der Waals surface area (Å²) in [5.74, 6) is 1.13. The van der Waals surface area contributed by atoms with Crippen LogP contribution in [0.3, 0.4) is 0 Å². The second-order valence-electron chi connectivity index (χ2n) is 8.13. The molecule has 1 aromatic heterocycles. The summed E-state index contributed by atoms with van der Waals surface area (Å²) in [6.45, 7) is 2.99. The molecular weight excluding hydrogens is 556 g/mol. The van der Waals surface area contributed by atoms with Crippen molar-refractivity contribution in [2.75, 3.05) is 19.8 Å². The predicted molar refractivity (Wildman–Crippen MR) is 137 cm³/mol. The summed E-state index contributed by atoms with van der Waals surface area (Å²) in [6, 6.07) is 5.58. The minimum Gasteiger partial charge on any atom is -0.491 e. The number of halogens is 6. The lowest BCUT2D eigenvalue weighted by Gasteiger charge is -2.15. The number of pyridine rings is 1. The van der Waals surface area contributed by atoms with Crippen LogP contribution in [-0.4, -0.2) is 36.6 Å². The van der Waals surface area contributed by atoms with Gasteiger partial charge in [-0.15, -0.1) is 0 Å². The zero-order chi connectivity index (χ0) is 26.8. The Morgan fingerprint density at radius 3 is 2.59 bits per heavy atom. The van der Waals surface area contributed by atoms with Crippen molar-refractivity contribution in [3.63, 3.8) is 0 Å². The van der Waals surface area contributed by atoms with Crippen LogP contribution in [0, 0.1) is 0 Å². The summed E-state index contributed by atoms with van der Waals surface area (Å²) in [7, 11) is 0. The summed E-state index contributed by atoms with van der Waals surface area (Å²) in [5, 5.41) is 4.63. The van der Waals surface area contributed by atoms with E-state index in [1.807, 2.05) is 0 Å². The zero-order valence-corrected chi connectivity index (χ0v) is 22.3. The van der Waals surface area contributed by atoms with Gasteiger partial charge in [0, 0.05) is 30.3 Å². The van der Waals surface area contributed by atoms with Crippen LogP contribution < -0.4 is 14.2 Å². The number of rotatable bonds is 13. The van der Waals surface area contributed by atoms with E-state index >= 15 is 0 Å². The van der Waals surface area contributed by atoms with E-state index in [2.05, 4.69) is 17.1 Å². The Balaban J connectivity index is 1.57. The van der Waals surface area contributed by atoms with E-state index in [9.17, 15) is 13.2 Å². The number of benzene rings is 1. The second-order valence-corrected chi connectivity index (χ2v) is 9.55. The number of nitrogens with zero attached hydrogens (tertiary/aromatic N) is 2. The molecule has 1 aromatic carbocycles. The fourth-order valence-electron chi connectivity index (χ4n) is 3.40. The van der Waals surface area contributed by atoms with Crippen LogP contribution in [0.15, 0.2) is 46.2 Å². The van der Waals surface area contributed by atoms with Crippen LogP contribution in [0.2, 0.25) is 5.02 Å². The van der Waals surface area contributed by atoms with Crippen LogP contribution >= 0.6 is 34.8 Å². The van der Waals surface area contributed by atoms with Crippen LogP contribution in [0.4, 0.5) is 13.2 Å². The van der Waals surface area contributed by atoms with Crippen molar-refractivity contribution < 1.29 is 32.2 Å². The summed E-state index contributed by atoms with van der Waals surface area (Å²) in [4.78, 5) is 9.31. The molecule has 1 aliphatic heterocycles. The number of hydrogen-bond donors (Lipinski definition) is 0. The maximum absolute atomic E-state index is 12.6. The molecule has 3 rings (SSSR count). The van der Waals surface area contributed by atoms with Gasteiger partial charge >= 0.3 is 6.18 Å². The first kappa shape index (κ1) is 29.2. The minimum atomic E-state index is -4.44. The Labute approximate surface area is 228 Å². The number of alkyl halides is 3. The molecule has 0 N–H and O–H groups in total. The molecule has 37 heavy (non-hydrogen) atoms. The molecule has 0 saturated carbocycles. The quantitative estimate of drug-likeness (QED) is 0.224. The van der Waals surface area contributed by atoms with Crippen LogP contribution in [0.5, 0.6) is 17.4 Å². The Morgan fingerprint density at radius 2 is 1.92 bits per heavy atom. The molecule has 1 unspecified atom stereocenters. The van der Waals surface area contributed by atoms with Gasteiger partial charge in [0.2, 0.25) is 5.88 Å². The normalized spacial score (nSPS) is 15.1. The molecule has 2 heterocycles.